The lowest BCUT2D eigenvalue weighted by molar-refractivity contribution is 0.101. The summed E-state index contributed by atoms with van der Waals surface area (Å²) in [5, 5.41) is 3.62. The van der Waals surface area contributed by atoms with Crippen molar-refractivity contribution in [1.82, 2.24) is 10.2 Å². The smallest absolute Gasteiger partial charge is 0.152 e. The molecule has 19 heavy (non-hydrogen) atoms. The van der Waals surface area contributed by atoms with Gasteiger partial charge in [0.25, 0.3) is 0 Å². The van der Waals surface area contributed by atoms with Crippen LogP contribution in [-0.4, -0.2) is 56.0 Å². The molecule has 1 N–H and O–H groups in total. The minimum atomic E-state index is -2.83. The highest BCUT2D eigenvalue weighted by Gasteiger charge is 2.44. The summed E-state index contributed by atoms with van der Waals surface area (Å²) in [6.07, 6.45) is 1.88. The summed E-state index contributed by atoms with van der Waals surface area (Å²) in [6, 6.07) is 0.426. The lowest BCUT2D eigenvalue weighted by Crippen LogP contribution is -2.54. The molecule has 0 aromatic rings. The first-order chi connectivity index (χ1) is 8.62. The summed E-state index contributed by atoms with van der Waals surface area (Å²) in [5.74, 6) is 0.685. The first kappa shape index (κ1) is 15.3. The van der Waals surface area contributed by atoms with Crippen LogP contribution < -0.4 is 5.32 Å². The monoisotopic (exact) mass is 288 g/mol. The van der Waals surface area contributed by atoms with Crippen LogP contribution in [0.5, 0.6) is 0 Å². The van der Waals surface area contributed by atoms with Crippen LogP contribution in [-0.2, 0) is 9.84 Å². The number of nitrogens with zero attached hydrogens (tertiary/aromatic N) is 1. The first-order valence-corrected chi connectivity index (χ1v) is 9.13. The van der Waals surface area contributed by atoms with Crippen LogP contribution in [0.1, 0.15) is 40.5 Å². The number of hydrogen-bond donors (Lipinski definition) is 1. The summed E-state index contributed by atoms with van der Waals surface area (Å²) in [6.45, 7) is 11.9. The molecule has 0 saturated carbocycles. The molecule has 2 fully saturated rings. The van der Waals surface area contributed by atoms with Gasteiger partial charge < -0.3 is 5.32 Å². The highest BCUT2D eigenvalue weighted by atomic mass is 32.2. The van der Waals surface area contributed by atoms with Crippen LogP contribution in [0.2, 0.25) is 0 Å². The van der Waals surface area contributed by atoms with Crippen molar-refractivity contribution in [2.75, 3.05) is 31.1 Å². The molecular formula is C14H28N2O2S. The fraction of sp³-hybridized carbons (Fsp3) is 1.00. The number of rotatable bonds is 1. The Kier molecular flexibility index (Phi) is 4.02. The van der Waals surface area contributed by atoms with Gasteiger partial charge in [-0.3, -0.25) is 4.90 Å². The molecule has 2 saturated heterocycles. The van der Waals surface area contributed by atoms with Crippen molar-refractivity contribution in [2.45, 2.75) is 52.1 Å². The van der Waals surface area contributed by atoms with E-state index in [0.29, 0.717) is 17.5 Å². The van der Waals surface area contributed by atoms with Gasteiger partial charge in [0.05, 0.1) is 11.5 Å². The first-order valence-electron chi connectivity index (χ1n) is 7.31. The molecule has 2 heterocycles. The Hall–Kier alpha value is -0.130. The molecule has 0 bridgehead atoms. The van der Waals surface area contributed by atoms with Crippen LogP contribution in [0.25, 0.3) is 0 Å². The molecule has 0 aliphatic carbocycles. The minimum Gasteiger partial charge on any atom is -0.312 e. The second-order valence-electron chi connectivity index (χ2n) is 7.51. The molecular weight excluding hydrogens is 260 g/mol. The molecule has 2 aliphatic heterocycles. The lowest BCUT2D eigenvalue weighted by atomic mass is 9.85. The SMILES string of the molecule is CC(C)(C)C1CN(C2(C)CCS(=O)(=O)C2)CCCN1. The van der Waals surface area contributed by atoms with Gasteiger partial charge in [0, 0.05) is 18.1 Å². The van der Waals surface area contributed by atoms with E-state index in [4.69, 9.17) is 0 Å². The highest BCUT2D eigenvalue weighted by molar-refractivity contribution is 7.91. The van der Waals surface area contributed by atoms with Crippen molar-refractivity contribution in [3.8, 4) is 0 Å². The average Bonchev–Trinajstić information content (AvgIpc) is 2.50. The van der Waals surface area contributed by atoms with E-state index >= 15 is 0 Å². The third-order valence-electron chi connectivity index (χ3n) is 4.69. The molecule has 0 radical (unpaired) electrons. The molecule has 0 amide bonds. The molecule has 0 spiro atoms. The third-order valence-corrected chi connectivity index (χ3v) is 6.58. The van der Waals surface area contributed by atoms with Gasteiger partial charge in [-0.2, -0.15) is 0 Å². The van der Waals surface area contributed by atoms with Crippen molar-refractivity contribution in [2.24, 2.45) is 5.41 Å². The van der Waals surface area contributed by atoms with Gasteiger partial charge in [0.2, 0.25) is 0 Å². The summed E-state index contributed by atoms with van der Waals surface area (Å²) in [7, 11) is -2.83. The molecule has 4 nitrogen and oxygen atoms in total. The summed E-state index contributed by atoms with van der Waals surface area (Å²) >= 11 is 0. The fourth-order valence-corrected chi connectivity index (χ4v) is 5.41. The Morgan fingerprint density at radius 1 is 1.32 bits per heavy atom. The van der Waals surface area contributed by atoms with E-state index in [1.807, 2.05) is 0 Å². The van der Waals surface area contributed by atoms with Crippen molar-refractivity contribution in [1.29, 1.82) is 0 Å². The largest absolute Gasteiger partial charge is 0.312 e. The Morgan fingerprint density at radius 2 is 2.00 bits per heavy atom. The maximum absolute atomic E-state index is 11.8. The van der Waals surface area contributed by atoms with Crippen molar-refractivity contribution >= 4 is 9.84 Å². The van der Waals surface area contributed by atoms with E-state index in [0.717, 1.165) is 32.5 Å². The summed E-state index contributed by atoms with van der Waals surface area (Å²) in [5.41, 5.74) is 0.0464. The maximum Gasteiger partial charge on any atom is 0.152 e. The molecule has 2 unspecified atom stereocenters. The molecule has 5 heteroatoms. The predicted molar refractivity (Wildman–Crippen MR) is 79.1 cm³/mol. The number of nitrogens with one attached hydrogen (secondary N) is 1. The van der Waals surface area contributed by atoms with Gasteiger partial charge in [0.1, 0.15) is 0 Å². The number of hydrogen-bond acceptors (Lipinski definition) is 4. The topological polar surface area (TPSA) is 49.4 Å². The Morgan fingerprint density at radius 3 is 2.53 bits per heavy atom. The van der Waals surface area contributed by atoms with Crippen molar-refractivity contribution in [3.05, 3.63) is 0 Å². The zero-order chi connectivity index (χ0) is 14.3. The van der Waals surface area contributed by atoms with Crippen LogP contribution in [0.4, 0.5) is 0 Å². The van der Waals surface area contributed by atoms with Crippen LogP contribution in [0, 0.1) is 5.41 Å². The van der Waals surface area contributed by atoms with Crippen LogP contribution in [0.15, 0.2) is 0 Å². The minimum absolute atomic E-state index is 0.158. The second kappa shape index (κ2) is 5.01. The Labute approximate surface area is 117 Å². The summed E-state index contributed by atoms with van der Waals surface area (Å²) < 4.78 is 23.6. The average molecular weight is 288 g/mol. The lowest BCUT2D eigenvalue weighted by Gasteiger charge is -2.41. The van der Waals surface area contributed by atoms with Gasteiger partial charge in [0.15, 0.2) is 9.84 Å². The van der Waals surface area contributed by atoms with Crippen LogP contribution in [0.3, 0.4) is 0 Å². The van der Waals surface area contributed by atoms with Crippen LogP contribution >= 0.6 is 0 Å². The summed E-state index contributed by atoms with van der Waals surface area (Å²) in [4.78, 5) is 2.42. The standard InChI is InChI=1S/C14H28N2O2S/c1-13(2,3)12-10-16(8-5-7-15-12)14(4)6-9-19(17,18)11-14/h12,15H,5-11H2,1-4H3. The zero-order valence-corrected chi connectivity index (χ0v) is 13.5. The van der Waals surface area contributed by atoms with Crippen molar-refractivity contribution in [3.63, 3.8) is 0 Å². The van der Waals surface area contributed by atoms with E-state index in [9.17, 15) is 8.42 Å². The normalized spacial score (nSPS) is 37.2. The Balaban J connectivity index is 2.15. The van der Waals surface area contributed by atoms with E-state index in [1.165, 1.54) is 0 Å². The molecule has 2 aliphatic rings. The van der Waals surface area contributed by atoms with Crippen molar-refractivity contribution < 1.29 is 8.42 Å². The second-order valence-corrected chi connectivity index (χ2v) is 9.70. The quantitative estimate of drug-likeness (QED) is 0.789. The van der Waals surface area contributed by atoms with Gasteiger partial charge in [-0.15, -0.1) is 0 Å². The fourth-order valence-electron chi connectivity index (χ4n) is 3.24. The molecule has 112 valence electrons. The third kappa shape index (κ3) is 3.50. The van der Waals surface area contributed by atoms with Gasteiger partial charge in [-0.25, -0.2) is 8.42 Å². The Bertz CT molecular complexity index is 427. The molecule has 2 atom stereocenters. The predicted octanol–water partition coefficient (Wildman–Crippen LogP) is 1.27. The van der Waals surface area contributed by atoms with Gasteiger partial charge >= 0.3 is 0 Å². The highest BCUT2D eigenvalue weighted by Crippen LogP contribution is 2.32. The van der Waals surface area contributed by atoms with Gasteiger partial charge in [-0.1, -0.05) is 20.8 Å². The molecule has 0 aromatic carbocycles. The maximum atomic E-state index is 11.8. The van der Waals surface area contributed by atoms with Gasteiger partial charge in [-0.05, 0) is 38.3 Å². The number of sulfone groups is 1. The van der Waals surface area contributed by atoms with E-state index in [1.54, 1.807) is 0 Å². The molecule has 2 rings (SSSR count). The van der Waals surface area contributed by atoms with E-state index in [2.05, 4.69) is 37.9 Å². The van der Waals surface area contributed by atoms with E-state index in [-0.39, 0.29) is 11.0 Å². The zero-order valence-electron chi connectivity index (χ0n) is 12.7. The van der Waals surface area contributed by atoms with E-state index < -0.39 is 9.84 Å². The molecule has 0 aromatic heterocycles.